The normalized spacial score (nSPS) is 10.4. The average molecular weight is 328 g/mol. The van der Waals surface area contributed by atoms with E-state index in [2.05, 4.69) is 31.8 Å². The van der Waals surface area contributed by atoms with Crippen LogP contribution in [-0.2, 0) is 14.3 Å². The summed E-state index contributed by atoms with van der Waals surface area (Å²) in [7, 11) is 1.51. The van der Waals surface area contributed by atoms with Gasteiger partial charge in [0, 0.05) is 18.1 Å². The summed E-state index contributed by atoms with van der Waals surface area (Å²) in [5.41, 5.74) is 2.95. The van der Waals surface area contributed by atoms with Gasteiger partial charge in [-0.15, -0.1) is 0 Å². The Balaban J connectivity index is 2.36. The van der Waals surface area contributed by atoms with E-state index >= 15 is 0 Å². The molecule has 2 amide bonds. The number of hydrazone groups is 1. The van der Waals surface area contributed by atoms with Crippen molar-refractivity contribution in [1.82, 2.24) is 10.7 Å². The van der Waals surface area contributed by atoms with E-state index in [-0.39, 0.29) is 6.54 Å². The van der Waals surface area contributed by atoms with Crippen LogP contribution in [0.3, 0.4) is 0 Å². The van der Waals surface area contributed by atoms with Crippen molar-refractivity contribution in [3.05, 3.63) is 34.3 Å². The average Bonchev–Trinajstić information content (AvgIpc) is 2.41. The molecule has 2 N–H and O–H groups in total. The first-order chi connectivity index (χ1) is 9.13. The summed E-state index contributed by atoms with van der Waals surface area (Å²) < 4.78 is 5.69. The number of nitrogens with zero attached hydrogens (tertiary/aromatic N) is 1. The molecule has 102 valence electrons. The highest BCUT2D eigenvalue weighted by molar-refractivity contribution is 9.10. The first-order valence-electron chi connectivity index (χ1n) is 5.49. The highest BCUT2D eigenvalue weighted by Gasteiger charge is 2.10. The summed E-state index contributed by atoms with van der Waals surface area (Å²) in [5, 5.41) is 6.07. The minimum atomic E-state index is -0.815. The lowest BCUT2D eigenvalue weighted by Gasteiger charge is -2.02. The largest absolute Gasteiger partial charge is 0.383 e. The maximum absolute atomic E-state index is 11.3. The lowest BCUT2D eigenvalue weighted by Crippen LogP contribution is -2.39. The smallest absolute Gasteiger partial charge is 0.329 e. The van der Waals surface area contributed by atoms with Crippen molar-refractivity contribution in [2.24, 2.45) is 5.10 Å². The fourth-order valence-corrected chi connectivity index (χ4v) is 1.38. The summed E-state index contributed by atoms with van der Waals surface area (Å²) in [6, 6.07) is 7.33. The molecule has 0 heterocycles. The summed E-state index contributed by atoms with van der Waals surface area (Å²) in [5.74, 6) is -1.56. The minimum absolute atomic E-state index is 0.277. The van der Waals surface area contributed by atoms with Crippen molar-refractivity contribution in [2.45, 2.75) is 0 Å². The van der Waals surface area contributed by atoms with Crippen molar-refractivity contribution >= 4 is 34.0 Å². The molecule has 1 aromatic rings. The van der Waals surface area contributed by atoms with Gasteiger partial charge < -0.3 is 10.1 Å². The zero-order valence-corrected chi connectivity index (χ0v) is 11.9. The van der Waals surface area contributed by atoms with Gasteiger partial charge in [-0.3, -0.25) is 9.59 Å². The highest BCUT2D eigenvalue weighted by Crippen LogP contribution is 2.08. The quantitative estimate of drug-likeness (QED) is 0.361. The molecule has 0 saturated heterocycles. The van der Waals surface area contributed by atoms with Crippen molar-refractivity contribution < 1.29 is 14.3 Å². The number of benzene rings is 1. The maximum atomic E-state index is 11.3. The molecule has 19 heavy (non-hydrogen) atoms. The minimum Gasteiger partial charge on any atom is -0.383 e. The van der Waals surface area contributed by atoms with Crippen LogP contribution in [0.5, 0.6) is 0 Å². The van der Waals surface area contributed by atoms with Gasteiger partial charge >= 0.3 is 11.8 Å². The molecule has 1 rings (SSSR count). The van der Waals surface area contributed by atoms with Crippen LogP contribution in [0.4, 0.5) is 0 Å². The van der Waals surface area contributed by atoms with Crippen LogP contribution in [-0.4, -0.2) is 38.3 Å². The predicted octanol–water partition coefficient (Wildman–Crippen LogP) is 0.662. The Labute approximate surface area is 119 Å². The van der Waals surface area contributed by atoms with Crippen LogP contribution in [0, 0.1) is 0 Å². The van der Waals surface area contributed by atoms with Gasteiger partial charge in [-0.25, -0.2) is 5.43 Å². The van der Waals surface area contributed by atoms with Crippen molar-refractivity contribution in [2.75, 3.05) is 20.3 Å². The van der Waals surface area contributed by atoms with E-state index < -0.39 is 11.8 Å². The number of amides is 2. The lowest BCUT2D eigenvalue weighted by molar-refractivity contribution is -0.139. The van der Waals surface area contributed by atoms with Crippen LogP contribution < -0.4 is 10.7 Å². The van der Waals surface area contributed by atoms with Gasteiger partial charge in [0.05, 0.1) is 12.8 Å². The van der Waals surface area contributed by atoms with Crippen LogP contribution in [0.1, 0.15) is 5.56 Å². The van der Waals surface area contributed by atoms with Gasteiger partial charge in [-0.1, -0.05) is 28.1 Å². The fourth-order valence-electron chi connectivity index (χ4n) is 1.11. The van der Waals surface area contributed by atoms with Crippen molar-refractivity contribution in [1.29, 1.82) is 0 Å². The first kappa shape index (κ1) is 15.3. The molecule has 6 nitrogen and oxygen atoms in total. The number of halogens is 1. The Morgan fingerprint density at radius 1 is 1.32 bits per heavy atom. The number of hydrogen-bond donors (Lipinski definition) is 2. The molecule has 0 unspecified atom stereocenters. The number of carbonyl (C=O) groups excluding carboxylic acids is 2. The van der Waals surface area contributed by atoms with E-state index in [0.29, 0.717) is 6.61 Å². The molecule has 0 radical (unpaired) electrons. The Hall–Kier alpha value is -1.73. The van der Waals surface area contributed by atoms with Gasteiger partial charge in [0.15, 0.2) is 0 Å². The third-order valence-electron chi connectivity index (χ3n) is 2.05. The second kappa shape index (κ2) is 8.39. The monoisotopic (exact) mass is 327 g/mol. The molecule has 0 aliphatic carbocycles. The molecule has 0 spiro atoms. The molecule has 1 aromatic carbocycles. The number of carbonyl (C=O) groups is 2. The summed E-state index contributed by atoms with van der Waals surface area (Å²) in [6.45, 7) is 0.625. The second-order valence-electron chi connectivity index (χ2n) is 3.50. The number of nitrogens with one attached hydrogen (secondary N) is 2. The fraction of sp³-hybridized carbons (Fsp3) is 0.250. The molecule has 0 fully saturated rings. The molecule has 0 aliphatic rings. The third-order valence-corrected chi connectivity index (χ3v) is 2.58. The topological polar surface area (TPSA) is 79.8 Å². The summed E-state index contributed by atoms with van der Waals surface area (Å²) in [6.07, 6.45) is 1.45. The zero-order chi connectivity index (χ0) is 14.1. The van der Waals surface area contributed by atoms with Crippen molar-refractivity contribution in [3.8, 4) is 0 Å². The van der Waals surface area contributed by atoms with E-state index in [1.54, 1.807) is 0 Å². The molecule has 0 aromatic heterocycles. The van der Waals surface area contributed by atoms with E-state index in [1.807, 2.05) is 24.3 Å². The molecular weight excluding hydrogens is 314 g/mol. The van der Waals surface area contributed by atoms with Gasteiger partial charge in [-0.2, -0.15) is 5.10 Å². The Bertz CT molecular complexity index is 460. The van der Waals surface area contributed by atoms with Gasteiger partial charge in [-0.05, 0) is 17.7 Å². The molecule has 0 saturated carbocycles. The first-order valence-corrected chi connectivity index (χ1v) is 6.28. The Morgan fingerprint density at radius 2 is 2.00 bits per heavy atom. The predicted molar refractivity (Wildman–Crippen MR) is 74.8 cm³/mol. The van der Waals surface area contributed by atoms with Gasteiger partial charge in [0.1, 0.15) is 0 Å². The number of ether oxygens (including phenoxy) is 1. The Morgan fingerprint density at radius 3 is 2.63 bits per heavy atom. The SMILES string of the molecule is COCCNC(=O)C(=O)N/N=C/c1ccc(Br)cc1. The standard InChI is InChI=1S/C12H14BrN3O3/c1-19-7-6-14-11(17)12(18)16-15-8-9-2-4-10(13)5-3-9/h2-5,8H,6-7H2,1H3,(H,14,17)(H,16,18)/b15-8+. The maximum Gasteiger partial charge on any atom is 0.329 e. The van der Waals surface area contributed by atoms with E-state index in [9.17, 15) is 9.59 Å². The number of rotatable bonds is 5. The van der Waals surface area contributed by atoms with Crippen LogP contribution >= 0.6 is 15.9 Å². The van der Waals surface area contributed by atoms with E-state index in [4.69, 9.17) is 4.74 Å². The number of hydrogen-bond acceptors (Lipinski definition) is 4. The van der Waals surface area contributed by atoms with E-state index in [1.165, 1.54) is 13.3 Å². The third kappa shape index (κ3) is 6.12. The summed E-state index contributed by atoms with van der Waals surface area (Å²) >= 11 is 3.31. The molecular formula is C12H14BrN3O3. The summed E-state index contributed by atoms with van der Waals surface area (Å²) in [4.78, 5) is 22.5. The molecule has 0 aliphatic heterocycles. The molecule has 0 atom stereocenters. The lowest BCUT2D eigenvalue weighted by atomic mass is 10.2. The highest BCUT2D eigenvalue weighted by atomic mass is 79.9. The molecule has 0 bridgehead atoms. The van der Waals surface area contributed by atoms with E-state index in [0.717, 1.165) is 10.0 Å². The zero-order valence-electron chi connectivity index (χ0n) is 10.4. The number of methoxy groups -OCH3 is 1. The van der Waals surface area contributed by atoms with Gasteiger partial charge in [0.25, 0.3) is 0 Å². The Kier molecular flexibility index (Phi) is 6.76. The second-order valence-corrected chi connectivity index (χ2v) is 4.42. The van der Waals surface area contributed by atoms with Crippen molar-refractivity contribution in [3.63, 3.8) is 0 Å². The van der Waals surface area contributed by atoms with Crippen LogP contribution in [0.15, 0.2) is 33.8 Å². The van der Waals surface area contributed by atoms with Crippen LogP contribution in [0.2, 0.25) is 0 Å². The van der Waals surface area contributed by atoms with Crippen LogP contribution in [0.25, 0.3) is 0 Å². The van der Waals surface area contributed by atoms with Gasteiger partial charge in [0.2, 0.25) is 0 Å². The molecule has 7 heteroatoms.